The Bertz CT molecular complexity index is 551. The molecular weight excluding hydrogens is 232 g/mol. The van der Waals surface area contributed by atoms with Gasteiger partial charge in [0.05, 0.1) is 18.0 Å². The summed E-state index contributed by atoms with van der Waals surface area (Å²) in [4.78, 5) is 12.8. The van der Waals surface area contributed by atoms with Crippen molar-refractivity contribution in [1.82, 2.24) is 15.0 Å². The Hall–Kier alpha value is -2.21. The maximum absolute atomic E-state index is 11.5. The average molecular weight is 246 g/mol. The summed E-state index contributed by atoms with van der Waals surface area (Å²) in [6, 6.07) is 5.18. The third-order valence-corrected chi connectivity index (χ3v) is 2.76. The van der Waals surface area contributed by atoms with E-state index in [0.29, 0.717) is 11.3 Å². The normalized spacial score (nSPS) is 12.3. The van der Waals surface area contributed by atoms with Crippen LogP contribution in [0.3, 0.4) is 0 Å². The van der Waals surface area contributed by atoms with Crippen molar-refractivity contribution in [3.05, 3.63) is 41.7 Å². The monoisotopic (exact) mass is 246 g/mol. The Kier molecular flexibility index (Phi) is 3.38. The molecule has 6 nitrogen and oxygen atoms in total. The number of benzene rings is 1. The van der Waals surface area contributed by atoms with Crippen molar-refractivity contribution >= 4 is 5.91 Å². The first-order valence-corrected chi connectivity index (χ1v) is 5.55. The van der Waals surface area contributed by atoms with Crippen molar-refractivity contribution in [1.29, 1.82) is 0 Å². The molecule has 2 rings (SSSR count). The predicted molar refractivity (Wildman–Crippen MR) is 65.4 cm³/mol. The summed E-state index contributed by atoms with van der Waals surface area (Å²) in [7, 11) is 0. The Morgan fingerprint density at radius 3 is 2.67 bits per heavy atom. The lowest BCUT2D eigenvalue weighted by molar-refractivity contribution is 0.0999. The first-order chi connectivity index (χ1) is 8.65. The number of para-hydroxylation sites is 1. The fraction of sp³-hybridized carbons (Fsp3) is 0.250. The summed E-state index contributed by atoms with van der Waals surface area (Å²) < 4.78 is 0. The number of rotatable bonds is 4. The largest absolute Gasteiger partial charge is 0.396 e. The molecule has 1 amide bonds. The van der Waals surface area contributed by atoms with Crippen LogP contribution in [0.1, 0.15) is 28.8 Å². The van der Waals surface area contributed by atoms with Crippen LogP contribution in [0.4, 0.5) is 0 Å². The van der Waals surface area contributed by atoms with Gasteiger partial charge in [0.2, 0.25) is 0 Å². The molecule has 94 valence electrons. The van der Waals surface area contributed by atoms with Crippen molar-refractivity contribution in [2.45, 2.75) is 12.8 Å². The number of hydrogen-bond donors (Lipinski definition) is 2. The first-order valence-electron chi connectivity index (χ1n) is 5.55. The van der Waals surface area contributed by atoms with E-state index in [1.165, 1.54) is 17.2 Å². The summed E-state index contributed by atoms with van der Waals surface area (Å²) in [5, 5.41) is 17.3. The molecule has 1 aromatic carbocycles. The summed E-state index contributed by atoms with van der Waals surface area (Å²) in [6.07, 6.45) is 3.04. The van der Waals surface area contributed by atoms with E-state index in [0.717, 1.165) is 5.56 Å². The number of aliphatic hydroxyl groups excluding tert-OH is 1. The zero-order valence-corrected chi connectivity index (χ0v) is 9.95. The van der Waals surface area contributed by atoms with Crippen LogP contribution in [0.15, 0.2) is 30.6 Å². The highest BCUT2D eigenvalue weighted by Crippen LogP contribution is 2.25. The molecule has 0 fully saturated rings. The lowest BCUT2D eigenvalue weighted by Crippen LogP contribution is -2.18. The van der Waals surface area contributed by atoms with Gasteiger partial charge in [-0.3, -0.25) is 4.79 Å². The van der Waals surface area contributed by atoms with E-state index in [9.17, 15) is 9.90 Å². The van der Waals surface area contributed by atoms with Crippen LogP contribution in [0.25, 0.3) is 5.69 Å². The van der Waals surface area contributed by atoms with Crippen LogP contribution in [0.5, 0.6) is 0 Å². The number of hydrogen-bond acceptors (Lipinski definition) is 4. The fourth-order valence-electron chi connectivity index (χ4n) is 1.81. The molecule has 0 aliphatic heterocycles. The van der Waals surface area contributed by atoms with E-state index in [1.807, 2.05) is 13.0 Å². The van der Waals surface area contributed by atoms with Crippen molar-refractivity contribution < 1.29 is 9.90 Å². The molecule has 2 aromatic rings. The third kappa shape index (κ3) is 2.10. The number of primary amides is 1. The Balaban J connectivity index is 2.68. The van der Waals surface area contributed by atoms with E-state index >= 15 is 0 Å². The fourth-order valence-corrected chi connectivity index (χ4v) is 1.81. The Morgan fingerprint density at radius 2 is 2.11 bits per heavy atom. The molecule has 1 atom stereocenters. The van der Waals surface area contributed by atoms with E-state index in [4.69, 9.17) is 5.73 Å². The number of nitrogens with zero attached hydrogens (tertiary/aromatic N) is 3. The van der Waals surface area contributed by atoms with Gasteiger partial charge in [0, 0.05) is 12.5 Å². The average Bonchev–Trinajstić information content (AvgIpc) is 2.90. The van der Waals surface area contributed by atoms with E-state index in [-0.39, 0.29) is 12.5 Å². The molecule has 0 spiro atoms. The van der Waals surface area contributed by atoms with Crippen LogP contribution in [-0.2, 0) is 0 Å². The molecule has 1 aromatic heterocycles. The molecule has 0 radical (unpaired) electrons. The van der Waals surface area contributed by atoms with Crippen LogP contribution in [0, 0.1) is 0 Å². The minimum atomic E-state index is -0.547. The second kappa shape index (κ2) is 4.97. The quantitative estimate of drug-likeness (QED) is 0.819. The molecule has 1 heterocycles. The SMILES string of the molecule is C[C@H](CO)c1cccc(C(N)=O)c1-n1nccn1. The summed E-state index contributed by atoms with van der Waals surface area (Å²) in [5.41, 5.74) is 7.00. The number of amides is 1. The van der Waals surface area contributed by atoms with Gasteiger partial charge >= 0.3 is 0 Å². The standard InChI is InChI=1S/C12H14N4O2/c1-8(7-17)9-3-2-4-10(12(13)18)11(9)16-14-5-6-15-16/h2-6,8,17H,7H2,1H3,(H2,13,18)/t8-/m1/s1. The van der Waals surface area contributed by atoms with E-state index < -0.39 is 5.91 Å². The van der Waals surface area contributed by atoms with Crippen molar-refractivity contribution in [2.24, 2.45) is 5.73 Å². The lowest BCUT2D eigenvalue weighted by atomic mass is 9.97. The number of aliphatic hydroxyl groups is 1. The first kappa shape index (κ1) is 12.3. The summed E-state index contributed by atoms with van der Waals surface area (Å²) in [6.45, 7) is 1.82. The van der Waals surface area contributed by atoms with Crippen molar-refractivity contribution in [2.75, 3.05) is 6.61 Å². The molecule has 0 saturated heterocycles. The maximum Gasteiger partial charge on any atom is 0.250 e. The van der Waals surface area contributed by atoms with Crippen LogP contribution >= 0.6 is 0 Å². The highest BCUT2D eigenvalue weighted by Gasteiger charge is 2.18. The molecular formula is C12H14N4O2. The van der Waals surface area contributed by atoms with Gasteiger partial charge in [-0.1, -0.05) is 19.1 Å². The van der Waals surface area contributed by atoms with Gasteiger partial charge in [-0.05, 0) is 11.6 Å². The smallest absolute Gasteiger partial charge is 0.250 e. The molecule has 6 heteroatoms. The molecule has 18 heavy (non-hydrogen) atoms. The van der Waals surface area contributed by atoms with Gasteiger partial charge in [0.1, 0.15) is 5.69 Å². The van der Waals surface area contributed by atoms with Gasteiger partial charge in [-0.25, -0.2) is 0 Å². The van der Waals surface area contributed by atoms with Gasteiger partial charge in [0.15, 0.2) is 0 Å². The van der Waals surface area contributed by atoms with Gasteiger partial charge in [0.25, 0.3) is 5.91 Å². The molecule has 0 bridgehead atoms. The highest BCUT2D eigenvalue weighted by molar-refractivity contribution is 5.97. The van der Waals surface area contributed by atoms with Crippen LogP contribution in [0.2, 0.25) is 0 Å². The van der Waals surface area contributed by atoms with E-state index in [2.05, 4.69) is 10.2 Å². The Morgan fingerprint density at radius 1 is 1.44 bits per heavy atom. The minimum absolute atomic E-state index is 0.0313. The number of nitrogens with two attached hydrogens (primary N) is 1. The maximum atomic E-state index is 11.5. The predicted octanol–water partition coefficient (Wildman–Crippen LogP) is 0.462. The minimum Gasteiger partial charge on any atom is -0.396 e. The zero-order valence-electron chi connectivity index (χ0n) is 9.95. The van der Waals surface area contributed by atoms with Gasteiger partial charge in [-0.2, -0.15) is 15.0 Å². The molecule has 0 unspecified atom stereocenters. The van der Waals surface area contributed by atoms with Crippen LogP contribution < -0.4 is 5.73 Å². The lowest BCUT2D eigenvalue weighted by Gasteiger charge is -2.15. The molecule has 0 aliphatic carbocycles. The second-order valence-corrected chi connectivity index (χ2v) is 4.01. The number of carbonyl (C=O) groups is 1. The molecule has 0 saturated carbocycles. The van der Waals surface area contributed by atoms with Gasteiger partial charge in [-0.15, -0.1) is 0 Å². The number of carbonyl (C=O) groups excluding carboxylic acids is 1. The van der Waals surface area contributed by atoms with Crippen molar-refractivity contribution in [3.8, 4) is 5.69 Å². The van der Waals surface area contributed by atoms with Crippen molar-refractivity contribution in [3.63, 3.8) is 0 Å². The Labute approximate surface area is 104 Å². The summed E-state index contributed by atoms with van der Waals surface area (Å²) >= 11 is 0. The highest BCUT2D eigenvalue weighted by atomic mass is 16.3. The van der Waals surface area contributed by atoms with E-state index in [1.54, 1.807) is 12.1 Å². The zero-order chi connectivity index (χ0) is 13.1. The summed E-state index contributed by atoms with van der Waals surface area (Å²) in [5.74, 6) is -0.681. The molecule has 3 N–H and O–H groups in total. The second-order valence-electron chi connectivity index (χ2n) is 4.01. The number of aromatic nitrogens is 3. The topological polar surface area (TPSA) is 94.0 Å². The van der Waals surface area contributed by atoms with Crippen LogP contribution in [-0.4, -0.2) is 32.6 Å². The van der Waals surface area contributed by atoms with Gasteiger partial charge < -0.3 is 10.8 Å². The third-order valence-electron chi connectivity index (χ3n) is 2.76. The molecule has 0 aliphatic rings.